The summed E-state index contributed by atoms with van der Waals surface area (Å²) in [7, 11) is 0. The molecule has 0 spiro atoms. The molecule has 8 nitrogen and oxygen atoms in total. The van der Waals surface area contributed by atoms with Crippen LogP contribution >= 0.6 is 0 Å². The van der Waals surface area contributed by atoms with Crippen molar-refractivity contribution >= 4 is 23.4 Å². The van der Waals surface area contributed by atoms with Gasteiger partial charge in [0.25, 0.3) is 5.91 Å². The molecule has 32 heavy (non-hydrogen) atoms. The Labute approximate surface area is 186 Å². The van der Waals surface area contributed by atoms with Gasteiger partial charge < -0.3 is 15.5 Å². The Morgan fingerprint density at radius 1 is 1.09 bits per heavy atom. The smallest absolute Gasteiger partial charge is 0.255 e. The highest BCUT2D eigenvalue weighted by atomic mass is 16.2. The van der Waals surface area contributed by atoms with Crippen LogP contribution in [0.3, 0.4) is 0 Å². The first-order chi connectivity index (χ1) is 15.6. The van der Waals surface area contributed by atoms with E-state index in [1.807, 2.05) is 30.5 Å². The normalized spacial score (nSPS) is 21.4. The number of amides is 3. The minimum atomic E-state index is -0.596. The number of imide groups is 1. The summed E-state index contributed by atoms with van der Waals surface area (Å²) in [6.45, 7) is 3.01. The third-order valence-corrected chi connectivity index (χ3v) is 6.70. The Morgan fingerprint density at radius 2 is 1.94 bits per heavy atom. The summed E-state index contributed by atoms with van der Waals surface area (Å²) >= 11 is 0. The number of carbonyl (C=O) groups is 3. The van der Waals surface area contributed by atoms with Crippen LogP contribution in [0.25, 0.3) is 0 Å². The standard InChI is InChI=1S/C24H27N5O3/c30-22-5-4-21(23(31)28-22)29-14-19-16(2-1-3-18(19)24(29)32)13-27-17-8-11-26-20(12-17)15-6-9-25-10-7-15/h1-3,8,11-12,15,21,25H,4-7,9-10,13-14H2,(H,26,27)(H,28,30,31). The van der Waals surface area contributed by atoms with Gasteiger partial charge in [-0.15, -0.1) is 0 Å². The van der Waals surface area contributed by atoms with Gasteiger partial charge in [-0.3, -0.25) is 24.7 Å². The number of nitrogens with one attached hydrogen (secondary N) is 3. The van der Waals surface area contributed by atoms with Crippen molar-refractivity contribution in [1.82, 2.24) is 20.5 Å². The maximum absolute atomic E-state index is 13.0. The lowest BCUT2D eigenvalue weighted by molar-refractivity contribution is -0.136. The highest BCUT2D eigenvalue weighted by molar-refractivity contribution is 6.05. The molecule has 1 aromatic heterocycles. The third-order valence-electron chi connectivity index (χ3n) is 6.70. The number of aromatic nitrogens is 1. The third kappa shape index (κ3) is 3.98. The van der Waals surface area contributed by atoms with Gasteiger partial charge >= 0.3 is 0 Å². The second kappa shape index (κ2) is 8.70. The number of fused-ring (bicyclic) bond motifs is 1. The van der Waals surface area contributed by atoms with Crippen molar-refractivity contribution in [1.29, 1.82) is 0 Å². The van der Waals surface area contributed by atoms with Gasteiger partial charge in [0.1, 0.15) is 6.04 Å². The van der Waals surface area contributed by atoms with E-state index >= 15 is 0 Å². The summed E-state index contributed by atoms with van der Waals surface area (Å²) in [5, 5.41) is 9.23. The van der Waals surface area contributed by atoms with Gasteiger partial charge in [-0.1, -0.05) is 12.1 Å². The fourth-order valence-corrected chi connectivity index (χ4v) is 4.91. The molecule has 0 bridgehead atoms. The van der Waals surface area contributed by atoms with Crippen molar-refractivity contribution < 1.29 is 14.4 Å². The van der Waals surface area contributed by atoms with Crippen LogP contribution in [-0.4, -0.2) is 46.7 Å². The minimum absolute atomic E-state index is 0.145. The molecule has 0 radical (unpaired) electrons. The average molecular weight is 434 g/mol. The van der Waals surface area contributed by atoms with Crippen LogP contribution in [-0.2, 0) is 22.7 Å². The molecule has 5 rings (SSSR count). The van der Waals surface area contributed by atoms with E-state index in [-0.39, 0.29) is 24.1 Å². The van der Waals surface area contributed by atoms with Crippen molar-refractivity contribution in [2.24, 2.45) is 0 Å². The zero-order valence-corrected chi connectivity index (χ0v) is 17.9. The monoisotopic (exact) mass is 433 g/mol. The average Bonchev–Trinajstić information content (AvgIpc) is 3.15. The van der Waals surface area contributed by atoms with E-state index in [0.29, 0.717) is 31.0 Å². The van der Waals surface area contributed by atoms with Crippen LogP contribution < -0.4 is 16.0 Å². The molecular formula is C24H27N5O3. The van der Waals surface area contributed by atoms with Crippen molar-refractivity contribution in [3.63, 3.8) is 0 Å². The van der Waals surface area contributed by atoms with Crippen LogP contribution in [0.15, 0.2) is 36.5 Å². The van der Waals surface area contributed by atoms with Crippen molar-refractivity contribution in [3.05, 3.63) is 58.9 Å². The molecule has 4 heterocycles. The van der Waals surface area contributed by atoms with E-state index in [2.05, 4.69) is 27.0 Å². The molecule has 3 amide bonds. The van der Waals surface area contributed by atoms with Crippen LogP contribution in [0.4, 0.5) is 5.69 Å². The van der Waals surface area contributed by atoms with Crippen LogP contribution in [0.5, 0.6) is 0 Å². The van der Waals surface area contributed by atoms with Crippen LogP contribution in [0.2, 0.25) is 0 Å². The van der Waals surface area contributed by atoms with Gasteiger partial charge in [-0.25, -0.2) is 0 Å². The van der Waals surface area contributed by atoms with E-state index in [1.54, 1.807) is 4.90 Å². The summed E-state index contributed by atoms with van der Waals surface area (Å²) in [4.78, 5) is 43.0. The Morgan fingerprint density at radius 3 is 2.75 bits per heavy atom. The van der Waals surface area contributed by atoms with Crippen molar-refractivity contribution in [2.75, 3.05) is 18.4 Å². The molecule has 0 aliphatic carbocycles. The highest BCUT2D eigenvalue weighted by Gasteiger charge is 2.39. The molecule has 1 unspecified atom stereocenters. The second-order valence-electron chi connectivity index (χ2n) is 8.69. The first-order valence-electron chi connectivity index (χ1n) is 11.3. The molecular weight excluding hydrogens is 406 g/mol. The predicted molar refractivity (Wildman–Crippen MR) is 119 cm³/mol. The summed E-state index contributed by atoms with van der Waals surface area (Å²) in [6, 6.07) is 9.21. The molecule has 3 aliphatic rings. The quantitative estimate of drug-likeness (QED) is 0.623. The van der Waals surface area contributed by atoms with E-state index in [0.717, 1.165) is 48.4 Å². The van der Waals surface area contributed by atoms with Gasteiger partial charge in [0.15, 0.2) is 0 Å². The molecule has 3 N–H and O–H groups in total. The van der Waals surface area contributed by atoms with E-state index < -0.39 is 6.04 Å². The summed E-state index contributed by atoms with van der Waals surface area (Å²) in [6.07, 6.45) is 4.67. The predicted octanol–water partition coefficient (Wildman–Crippen LogP) is 1.92. The number of nitrogens with zero attached hydrogens (tertiary/aromatic N) is 2. The van der Waals surface area contributed by atoms with Crippen LogP contribution in [0.1, 0.15) is 58.8 Å². The number of hydrogen-bond acceptors (Lipinski definition) is 6. The zero-order chi connectivity index (χ0) is 22.1. The lowest BCUT2D eigenvalue weighted by Gasteiger charge is -2.29. The molecule has 2 saturated heterocycles. The molecule has 1 aromatic carbocycles. The largest absolute Gasteiger partial charge is 0.381 e. The molecule has 1 atom stereocenters. The number of benzene rings is 1. The lowest BCUT2D eigenvalue weighted by atomic mass is 9.94. The van der Waals surface area contributed by atoms with E-state index in [1.165, 1.54) is 0 Å². The summed E-state index contributed by atoms with van der Waals surface area (Å²) in [5.41, 5.74) is 4.75. The fourth-order valence-electron chi connectivity index (χ4n) is 4.91. The zero-order valence-electron chi connectivity index (χ0n) is 17.9. The fraction of sp³-hybridized carbons (Fsp3) is 0.417. The molecule has 8 heteroatoms. The Bertz CT molecular complexity index is 1060. The molecule has 166 valence electrons. The number of rotatable bonds is 5. The maximum atomic E-state index is 13.0. The SMILES string of the molecule is O=C1CCC(N2Cc3c(CNc4ccnc(C5CCNCC5)c4)cccc3C2=O)C(=O)N1. The van der Waals surface area contributed by atoms with Gasteiger partial charge in [-0.2, -0.15) is 0 Å². The first kappa shape index (κ1) is 20.6. The summed E-state index contributed by atoms with van der Waals surface area (Å²) < 4.78 is 0. The molecule has 3 aliphatic heterocycles. The Balaban J connectivity index is 1.30. The van der Waals surface area contributed by atoms with Gasteiger partial charge in [-0.05, 0) is 61.7 Å². The van der Waals surface area contributed by atoms with E-state index in [4.69, 9.17) is 0 Å². The molecule has 2 aromatic rings. The topological polar surface area (TPSA) is 103 Å². The summed E-state index contributed by atoms with van der Waals surface area (Å²) in [5.74, 6) is -0.321. The van der Waals surface area contributed by atoms with Gasteiger partial charge in [0, 0.05) is 48.6 Å². The number of pyridine rings is 1. The number of hydrogen-bond donors (Lipinski definition) is 3. The Hall–Kier alpha value is -3.26. The first-order valence-corrected chi connectivity index (χ1v) is 11.3. The van der Waals surface area contributed by atoms with Gasteiger partial charge in [0.05, 0.1) is 0 Å². The molecule has 2 fully saturated rings. The van der Waals surface area contributed by atoms with Crippen molar-refractivity contribution in [2.45, 2.75) is 50.7 Å². The van der Waals surface area contributed by atoms with Gasteiger partial charge in [0.2, 0.25) is 11.8 Å². The minimum Gasteiger partial charge on any atom is -0.381 e. The second-order valence-corrected chi connectivity index (χ2v) is 8.69. The number of piperidine rings is 2. The van der Waals surface area contributed by atoms with Crippen LogP contribution in [0, 0.1) is 0 Å². The number of anilines is 1. The number of carbonyl (C=O) groups excluding carboxylic acids is 3. The lowest BCUT2D eigenvalue weighted by Crippen LogP contribution is -2.52. The Kier molecular flexibility index (Phi) is 5.61. The van der Waals surface area contributed by atoms with E-state index in [9.17, 15) is 14.4 Å². The maximum Gasteiger partial charge on any atom is 0.255 e. The van der Waals surface area contributed by atoms with Crippen molar-refractivity contribution in [3.8, 4) is 0 Å². The highest BCUT2D eigenvalue weighted by Crippen LogP contribution is 2.30. The molecule has 0 saturated carbocycles.